The number of anilines is 2. The van der Waals surface area contributed by atoms with E-state index in [9.17, 15) is 27.5 Å². The quantitative estimate of drug-likeness (QED) is 0.343. The second kappa shape index (κ2) is 11.5. The monoisotopic (exact) mass is 605 g/mol. The molecule has 0 bridgehead atoms. The fourth-order valence-electron chi connectivity index (χ4n) is 5.47. The lowest BCUT2D eigenvalue weighted by molar-refractivity contribution is -0.138. The molecule has 42 heavy (non-hydrogen) atoms. The van der Waals surface area contributed by atoms with Crippen molar-refractivity contribution in [1.29, 1.82) is 0 Å². The van der Waals surface area contributed by atoms with Crippen LogP contribution in [0.5, 0.6) is 5.88 Å². The van der Waals surface area contributed by atoms with E-state index in [0.717, 1.165) is 11.1 Å². The van der Waals surface area contributed by atoms with Gasteiger partial charge in [0.2, 0.25) is 5.88 Å². The molecule has 0 unspecified atom stereocenters. The first-order valence-corrected chi connectivity index (χ1v) is 14.3. The first kappa shape index (κ1) is 28.3. The summed E-state index contributed by atoms with van der Waals surface area (Å²) in [5.41, 5.74) is 2.25. The van der Waals surface area contributed by atoms with Crippen LogP contribution >= 0.6 is 11.3 Å². The second-order valence-electron chi connectivity index (χ2n) is 10.4. The van der Waals surface area contributed by atoms with Gasteiger partial charge >= 0.3 is 5.97 Å². The Morgan fingerprint density at radius 3 is 2.81 bits per heavy atom. The highest BCUT2D eigenvalue weighted by atomic mass is 32.1. The third-order valence-electron chi connectivity index (χ3n) is 7.46. The SMILES string of the molecule is O=C(O)[C@@H]1C[C@H](Oc2ncc(C3=CCOC3)cc2N2CCCC(F)(F)C2)CN1c1cc(-c2cccs2)nc(C(F)F)n1. The van der Waals surface area contributed by atoms with Crippen LogP contribution in [-0.4, -0.2) is 76.9 Å². The lowest BCUT2D eigenvalue weighted by Gasteiger charge is -2.35. The molecule has 0 aromatic carbocycles. The molecule has 2 atom stereocenters. The van der Waals surface area contributed by atoms with E-state index in [1.54, 1.807) is 34.7 Å². The number of carboxylic acid groups (broad SMARTS) is 1. The number of halogens is 4. The third-order valence-corrected chi connectivity index (χ3v) is 8.35. The maximum Gasteiger partial charge on any atom is 0.326 e. The Labute approximate surface area is 242 Å². The number of piperidine rings is 1. The molecule has 0 saturated carbocycles. The van der Waals surface area contributed by atoms with Crippen molar-refractivity contribution < 1.29 is 36.9 Å². The molecule has 3 aromatic heterocycles. The molecule has 6 heterocycles. The van der Waals surface area contributed by atoms with Crippen LogP contribution in [-0.2, 0) is 9.53 Å². The summed E-state index contributed by atoms with van der Waals surface area (Å²) in [6.45, 7) is 0.704. The molecule has 2 fully saturated rings. The molecule has 2 saturated heterocycles. The minimum absolute atomic E-state index is 0.00143. The highest BCUT2D eigenvalue weighted by molar-refractivity contribution is 7.13. The van der Waals surface area contributed by atoms with Gasteiger partial charge in [0.15, 0.2) is 5.82 Å². The van der Waals surface area contributed by atoms with Crippen LogP contribution < -0.4 is 14.5 Å². The zero-order valence-corrected chi connectivity index (χ0v) is 23.1. The number of carboxylic acids is 1. The fraction of sp³-hybridized carbons (Fsp3) is 0.429. The van der Waals surface area contributed by atoms with Crippen LogP contribution in [0, 0.1) is 0 Å². The van der Waals surface area contributed by atoms with Crippen molar-refractivity contribution in [1.82, 2.24) is 15.0 Å². The second-order valence-corrected chi connectivity index (χ2v) is 11.4. The van der Waals surface area contributed by atoms with Crippen molar-refractivity contribution in [2.45, 2.75) is 43.8 Å². The fourth-order valence-corrected chi connectivity index (χ4v) is 6.16. The Bertz CT molecular complexity index is 1490. The molecular weight excluding hydrogens is 578 g/mol. The topological polar surface area (TPSA) is 101 Å². The number of pyridine rings is 1. The lowest BCUT2D eigenvalue weighted by atomic mass is 10.0. The first-order chi connectivity index (χ1) is 20.2. The van der Waals surface area contributed by atoms with E-state index in [1.807, 2.05) is 6.08 Å². The summed E-state index contributed by atoms with van der Waals surface area (Å²) in [5.74, 6) is -4.63. The molecule has 3 aliphatic rings. The number of aliphatic carboxylic acids is 1. The number of carbonyl (C=O) groups is 1. The number of thiophene rings is 1. The van der Waals surface area contributed by atoms with Crippen LogP contribution in [0.15, 0.2) is 41.9 Å². The van der Waals surface area contributed by atoms with E-state index in [4.69, 9.17) is 9.47 Å². The Morgan fingerprint density at radius 2 is 2.12 bits per heavy atom. The zero-order valence-electron chi connectivity index (χ0n) is 22.3. The van der Waals surface area contributed by atoms with Crippen LogP contribution in [0.1, 0.15) is 37.1 Å². The summed E-state index contributed by atoms with van der Waals surface area (Å²) in [4.78, 5) is 28.3. The van der Waals surface area contributed by atoms with Crippen LogP contribution in [0.4, 0.5) is 29.1 Å². The predicted molar refractivity (Wildman–Crippen MR) is 148 cm³/mol. The summed E-state index contributed by atoms with van der Waals surface area (Å²) in [6, 6.07) is 5.59. The van der Waals surface area contributed by atoms with Gasteiger partial charge in [0.05, 0.1) is 36.9 Å². The minimum Gasteiger partial charge on any atom is -0.480 e. The number of aromatic nitrogens is 3. The van der Waals surface area contributed by atoms with Gasteiger partial charge in [-0.1, -0.05) is 12.1 Å². The molecule has 3 aliphatic heterocycles. The summed E-state index contributed by atoms with van der Waals surface area (Å²) < 4.78 is 67.9. The maximum absolute atomic E-state index is 14.4. The van der Waals surface area contributed by atoms with Crippen LogP contribution in [0.2, 0.25) is 0 Å². The van der Waals surface area contributed by atoms with Gasteiger partial charge in [-0.2, -0.15) is 0 Å². The van der Waals surface area contributed by atoms with Crippen molar-refractivity contribution in [3.05, 3.63) is 53.3 Å². The first-order valence-electron chi connectivity index (χ1n) is 13.4. The van der Waals surface area contributed by atoms with Crippen molar-refractivity contribution >= 4 is 34.4 Å². The van der Waals surface area contributed by atoms with E-state index in [2.05, 4.69) is 15.0 Å². The Balaban J connectivity index is 1.31. The van der Waals surface area contributed by atoms with E-state index < -0.39 is 42.8 Å². The average Bonchev–Trinajstić information content (AvgIpc) is 3.75. The lowest BCUT2D eigenvalue weighted by Crippen LogP contribution is -2.43. The number of hydrogen-bond acceptors (Lipinski definition) is 9. The number of alkyl halides is 4. The minimum atomic E-state index is -2.96. The number of hydrogen-bond donors (Lipinski definition) is 1. The molecule has 1 N–H and O–H groups in total. The Hall–Kier alpha value is -3.78. The van der Waals surface area contributed by atoms with Gasteiger partial charge in [0.25, 0.3) is 12.3 Å². The van der Waals surface area contributed by atoms with E-state index in [0.29, 0.717) is 30.3 Å². The molecule has 14 heteroatoms. The van der Waals surface area contributed by atoms with Gasteiger partial charge in [-0.15, -0.1) is 11.3 Å². The molecule has 0 amide bonds. The Morgan fingerprint density at radius 1 is 1.26 bits per heavy atom. The number of rotatable bonds is 8. The molecule has 3 aromatic rings. The molecular formula is C28H27F4N5O4S. The Kier molecular flexibility index (Phi) is 7.75. The summed E-state index contributed by atoms with van der Waals surface area (Å²) in [7, 11) is 0. The largest absolute Gasteiger partial charge is 0.480 e. The maximum atomic E-state index is 14.4. The summed E-state index contributed by atoms with van der Waals surface area (Å²) in [6.07, 6.45) is -0.152. The summed E-state index contributed by atoms with van der Waals surface area (Å²) >= 11 is 1.31. The van der Waals surface area contributed by atoms with Gasteiger partial charge < -0.3 is 24.4 Å². The van der Waals surface area contributed by atoms with Crippen molar-refractivity contribution in [2.75, 3.05) is 42.6 Å². The van der Waals surface area contributed by atoms with Gasteiger partial charge in [-0.3, -0.25) is 0 Å². The van der Waals surface area contributed by atoms with Gasteiger partial charge in [0, 0.05) is 37.2 Å². The van der Waals surface area contributed by atoms with Crippen molar-refractivity contribution in [2.24, 2.45) is 0 Å². The van der Waals surface area contributed by atoms with E-state index >= 15 is 0 Å². The molecule has 0 radical (unpaired) electrons. The van der Waals surface area contributed by atoms with Crippen LogP contribution in [0.25, 0.3) is 16.1 Å². The molecule has 222 valence electrons. The smallest absolute Gasteiger partial charge is 0.326 e. The summed E-state index contributed by atoms with van der Waals surface area (Å²) in [5, 5.41) is 11.8. The standard InChI is InChI=1S/C28H27F4N5O4S/c29-24(30)25-34-19(22-3-1-8-42-22)11-23(35-25)37-13-18(10-21(37)27(38)39)41-26-20(36-6-2-5-28(31,32)15-36)9-17(12-33-26)16-4-7-40-14-16/h1,3-4,8-9,11-12,18,21,24H,2,5-7,10,13-15H2,(H,38,39)/t18-,21-/m0/s1. The predicted octanol–water partition coefficient (Wildman–Crippen LogP) is 5.30. The highest BCUT2D eigenvalue weighted by Gasteiger charge is 2.41. The molecule has 9 nitrogen and oxygen atoms in total. The van der Waals surface area contributed by atoms with Gasteiger partial charge in [-0.25, -0.2) is 37.3 Å². The third kappa shape index (κ3) is 5.91. The van der Waals surface area contributed by atoms with Gasteiger partial charge in [-0.05, 0) is 29.5 Å². The van der Waals surface area contributed by atoms with E-state index in [-0.39, 0.29) is 43.2 Å². The highest BCUT2D eigenvalue weighted by Crippen LogP contribution is 2.38. The van der Waals surface area contributed by atoms with Crippen molar-refractivity contribution in [3.8, 4) is 16.5 Å². The zero-order chi connectivity index (χ0) is 29.4. The number of nitrogens with zero attached hydrogens (tertiary/aromatic N) is 5. The molecule has 0 spiro atoms. The van der Waals surface area contributed by atoms with Crippen molar-refractivity contribution in [3.63, 3.8) is 0 Å². The molecule has 0 aliphatic carbocycles. The molecule has 6 rings (SSSR count). The average molecular weight is 606 g/mol. The normalized spacial score (nSPS) is 22.1. The van der Waals surface area contributed by atoms with Gasteiger partial charge in [0.1, 0.15) is 23.7 Å². The number of ether oxygens (including phenoxy) is 2. The van der Waals surface area contributed by atoms with Crippen LogP contribution in [0.3, 0.4) is 0 Å². The van der Waals surface area contributed by atoms with E-state index in [1.165, 1.54) is 22.3 Å².